The van der Waals surface area contributed by atoms with Gasteiger partial charge >= 0.3 is 12.1 Å². The van der Waals surface area contributed by atoms with E-state index in [-0.39, 0.29) is 11.7 Å². The van der Waals surface area contributed by atoms with E-state index in [9.17, 15) is 22.4 Å². The summed E-state index contributed by atoms with van der Waals surface area (Å²) < 4.78 is 44.8. The van der Waals surface area contributed by atoms with Crippen molar-refractivity contribution in [3.63, 3.8) is 0 Å². The lowest BCUT2D eigenvalue weighted by molar-refractivity contribution is -0.192. The molecular formula is C26H24F4N2O3. The van der Waals surface area contributed by atoms with Gasteiger partial charge in [0.1, 0.15) is 5.82 Å². The maximum absolute atomic E-state index is 13.0. The average Bonchev–Trinajstić information content (AvgIpc) is 3.33. The number of alkyl halides is 3. The van der Waals surface area contributed by atoms with E-state index in [1.54, 1.807) is 0 Å². The summed E-state index contributed by atoms with van der Waals surface area (Å²) in [5.41, 5.74) is 4.63. The minimum absolute atomic E-state index is 0.252. The molecule has 0 atom stereocenters. The van der Waals surface area contributed by atoms with E-state index in [0.717, 1.165) is 17.7 Å². The Morgan fingerprint density at radius 1 is 0.886 bits per heavy atom. The Bertz CT molecular complexity index is 1140. The van der Waals surface area contributed by atoms with Crippen molar-refractivity contribution >= 4 is 17.6 Å². The van der Waals surface area contributed by atoms with Gasteiger partial charge in [0.15, 0.2) is 0 Å². The summed E-state index contributed by atoms with van der Waals surface area (Å²) in [5, 5.41) is 10.0. The van der Waals surface area contributed by atoms with E-state index >= 15 is 0 Å². The highest BCUT2D eigenvalue weighted by atomic mass is 19.4. The van der Waals surface area contributed by atoms with Gasteiger partial charge in [-0.25, -0.2) is 9.18 Å². The average molecular weight is 488 g/mol. The predicted molar refractivity (Wildman–Crippen MR) is 124 cm³/mol. The number of hydrogen-bond donors (Lipinski definition) is 2. The first-order valence-corrected chi connectivity index (χ1v) is 10.9. The first-order chi connectivity index (χ1) is 16.6. The van der Waals surface area contributed by atoms with Crippen LogP contribution in [0.4, 0.5) is 23.2 Å². The lowest BCUT2D eigenvalue weighted by atomic mass is 10.0. The number of halogens is 4. The van der Waals surface area contributed by atoms with E-state index in [1.807, 2.05) is 24.3 Å². The van der Waals surface area contributed by atoms with Crippen molar-refractivity contribution in [2.45, 2.75) is 25.6 Å². The highest BCUT2D eigenvalue weighted by molar-refractivity contribution is 6.04. The Morgan fingerprint density at radius 3 is 2.06 bits per heavy atom. The van der Waals surface area contributed by atoms with Crippen molar-refractivity contribution in [1.29, 1.82) is 0 Å². The summed E-state index contributed by atoms with van der Waals surface area (Å²) in [7, 11) is 0. The Kier molecular flexibility index (Phi) is 8.59. The minimum Gasteiger partial charge on any atom is -0.475 e. The number of aliphatic carboxylic acids is 1. The van der Waals surface area contributed by atoms with Gasteiger partial charge < -0.3 is 10.4 Å². The molecule has 1 aliphatic rings. The molecule has 184 valence electrons. The quantitative estimate of drug-likeness (QED) is 0.434. The number of anilines is 1. The molecule has 0 spiro atoms. The molecule has 0 aliphatic carbocycles. The molecule has 0 bridgehead atoms. The molecular weight excluding hydrogens is 464 g/mol. The van der Waals surface area contributed by atoms with Crippen LogP contribution in [0.25, 0.3) is 11.1 Å². The summed E-state index contributed by atoms with van der Waals surface area (Å²) in [6.07, 6.45) is -2.48. The van der Waals surface area contributed by atoms with Crippen molar-refractivity contribution in [2.24, 2.45) is 0 Å². The van der Waals surface area contributed by atoms with Crippen LogP contribution in [0.1, 0.15) is 28.8 Å². The molecule has 3 aromatic rings. The van der Waals surface area contributed by atoms with Crippen LogP contribution in [-0.4, -0.2) is 41.1 Å². The van der Waals surface area contributed by atoms with Crippen LogP contribution < -0.4 is 5.32 Å². The third-order valence-electron chi connectivity index (χ3n) is 5.36. The number of likely N-dealkylation sites (tertiary alicyclic amines) is 1. The van der Waals surface area contributed by atoms with Crippen LogP contribution >= 0.6 is 0 Å². The second-order valence-electron chi connectivity index (χ2n) is 8.02. The van der Waals surface area contributed by atoms with Crippen molar-refractivity contribution in [3.05, 3.63) is 89.7 Å². The monoisotopic (exact) mass is 488 g/mol. The third kappa shape index (κ3) is 7.92. The Balaban J connectivity index is 0.000000429. The molecule has 0 radical (unpaired) electrons. The molecule has 9 heteroatoms. The van der Waals surface area contributed by atoms with Crippen molar-refractivity contribution in [3.8, 4) is 11.1 Å². The fourth-order valence-corrected chi connectivity index (χ4v) is 3.58. The molecule has 1 saturated heterocycles. The first kappa shape index (κ1) is 25.9. The van der Waals surface area contributed by atoms with E-state index in [4.69, 9.17) is 9.90 Å². The molecule has 5 nitrogen and oxygen atoms in total. The maximum atomic E-state index is 13.0. The smallest absolute Gasteiger partial charge is 0.475 e. The standard InChI is InChI=1S/C24H23FN2O.C2HF3O2/c25-22-12-10-20(11-13-22)24(28)26-23-5-3-4-21(16-23)19-8-6-18(7-9-19)17-27-14-1-2-15-27;3-2(4,5)1(6)7/h3-13,16H,1-2,14-15,17H2,(H,26,28);(H,6,7). The number of hydrogen-bond acceptors (Lipinski definition) is 3. The summed E-state index contributed by atoms with van der Waals surface area (Å²) in [6, 6.07) is 21.9. The largest absolute Gasteiger partial charge is 0.490 e. The van der Waals surface area contributed by atoms with Crippen molar-refractivity contribution in [2.75, 3.05) is 18.4 Å². The van der Waals surface area contributed by atoms with Gasteiger partial charge in [-0.1, -0.05) is 36.4 Å². The van der Waals surface area contributed by atoms with E-state index in [1.165, 1.54) is 55.8 Å². The van der Waals surface area contributed by atoms with E-state index < -0.39 is 12.1 Å². The summed E-state index contributed by atoms with van der Waals surface area (Å²) in [5.74, 6) is -3.36. The number of carbonyl (C=O) groups excluding carboxylic acids is 1. The van der Waals surface area contributed by atoms with Crippen LogP contribution in [0, 0.1) is 5.82 Å². The zero-order chi connectivity index (χ0) is 25.4. The number of carbonyl (C=O) groups is 2. The molecule has 2 N–H and O–H groups in total. The minimum atomic E-state index is -5.08. The highest BCUT2D eigenvalue weighted by Gasteiger charge is 2.38. The number of nitrogens with zero attached hydrogens (tertiary/aromatic N) is 1. The molecule has 35 heavy (non-hydrogen) atoms. The molecule has 1 heterocycles. The molecule has 0 aromatic heterocycles. The highest BCUT2D eigenvalue weighted by Crippen LogP contribution is 2.24. The van der Waals surface area contributed by atoms with Crippen LogP contribution in [0.15, 0.2) is 72.8 Å². The predicted octanol–water partition coefficient (Wildman–Crippen LogP) is 5.97. The fourth-order valence-electron chi connectivity index (χ4n) is 3.58. The Morgan fingerprint density at radius 2 is 1.49 bits per heavy atom. The molecule has 0 unspecified atom stereocenters. The molecule has 4 rings (SSSR count). The number of rotatable bonds is 5. The van der Waals surface area contributed by atoms with Gasteiger partial charge in [0.05, 0.1) is 0 Å². The lowest BCUT2D eigenvalue weighted by Crippen LogP contribution is -2.21. The van der Waals surface area contributed by atoms with Gasteiger partial charge in [0.2, 0.25) is 0 Å². The molecule has 1 fully saturated rings. The van der Waals surface area contributed by atoms with Gasteiger partial charge in [-0.15, -0.1) is 0 Å². The van der Waals surface area contributed by atoms with Gasteiger partial charge in [0.25, 0.3) is 5.91 Å². The molecule has 1 aliphatic heterocycles. The van der Waals surface area contributed by atoms with Gasteiger partial charge in [-0.3, -0.25) is 9.69 Å². The van der Waals surface area contributed by atoms with Gasteiger partial charge in [-0.2, -0.15) is 13.2 Å². The van der Waals surface area contributed by atoms with Crippen molar-refractivity contribution in [1.82, 2.24) is 4.90 Å². The van der Waals surface area contributed by atoms with Crippen LogP contribution in [0.5, 0.6) is 0 Å². The number of benzene rings is 3. The number of amides is 1. The number of carboxylic acids is 1. The molecule has 0 saturated carbocycles. The molecule has 1 amide bonds. The van der Waals surface area contributed by atoms with Crippen LogP contribution in [-0.2, 0) is 11.3 Å². The Labute approximate surface area is 200 Å². The van der Waals surface area contributed by atoms with Crippen LogP contribution in [0.3, 0.4) is 0 Å². The Hall–Kier alpha value is -3.72. The zero-order valence-corrected chi connectivity index (χ0v) is 18.7. The summed E-state index contributed by atoms with van der Waals surface area (Å²) in [6.45, 7) is 3.39. The maximum Gasteiger partial charge on any atom is 0.490 e. The summed E-state index contributed by atoms with van der Waals surface area (Å²) in [4.78, 5) is 23.7. The topological polar surface area (TPSA) is 69.6 Å². The second kappa shape index (κ2) is 11.6. The van der Waals surface area contributed by atoms with Gasteiger partial charge in [-0.05, 0) is 79.0 Å². The SMILES string of the molecule is O=C(Nc1cccc(-c2ccc(CN3CCCC3)cc2)c1)c1ccc(F)cc1.O=C(O)C(F)(F)F. The fraction of sp³-hybridized carbons (Fsp3) is 0.231. The molecule has 3 aromatic carbocycles. The van der Waals surface area contributed by atoms with E-state index in [2.05, 4.69) is 34.5 Å². The lowest BCUT2D eigenvalue weighted by Gasteiger charge is -2.15. The van der Waals surface area contributed by atoms with Gasteiger partial charge in [0, 0.05) is 17.8 Å². The number of carboxylic acid groups (broad SMARTS) is 1. The zero-order valence-electron chi connectivity index (χ0n) is 18.7. The normalized spacial score (nSPS) is 13.6. The number of nitrogens with one attached hydrogen (secondary N) is 1. The van der Waals surface area contributed by atoms with Crippen molar-refractivity contribution < 1.29 is 32.3 Å². The second-order valence-corrected chi connectivity index (χ2v) is 8.02. The van der Waals surface area contributed by atoms with Crippen LogP contribution in [0.2, 0.25) is 0 Å². The summed E-state index contributed by atoms with van der Waals surface area (Å²) >= 11 is 0. The third-order valence-corrected chi connectivity index (χ3v) is 5.36. The first-order valence-electron chi connectivity index (χ1n) is 10.9. The van der Waals surface area contributed by atoms with E-state index in [0.29, 0.717) is 11.3 Å².